The number of carbonyl (C=O) groups excluding carboxylic acids is 2. The fraction of sp³-hybridized carbons (Fsp3) is 0.273. The zero-order valence-electron chi connectivity index (χ0n) is 18.4. The third-order valence-corrected chi connectivity index (χ3v) is 5.14. The number of benzene rings is 1. The van der Waals surface area contributed by atoms with E-state index in [0.717, 1.165) is 11.3 Å². The van der Waals surface area contributed by atoms with Gasteiger partial charge in [0, 0.05) is 45.6 Å². The minimum absolute atomic E-state index is 0. The lowest BCUT2D eigenvalue weighted by molar-refractivity contribution is -0.120. The normalized spacial score (nSPS) is 14.1. The summed E-state index contributed by atoms with van der Waals surface area (Å²) in [6.45, 7) is 2.01. The van der Waals surface area contributed by atoms with Crippen molar-refractivity contribution in [2.45, 2.75) is 6.54 Å². The average Bonchev–Trinajstić information content (AvgIpc) is 3.48. The molecule has 4 rings (SSSR count). The molecular weight excluding hydrogens is 537 g/mol. The molecule has 3 aromatic rings. The SMILES string of the molecule is CN=C(NCc1ccc(NC(=O)c2ccco2)cc1)N1CCN(c2cnn(C)c2)C(=O)C1.I. The molecule has 0 aliphatic carbocycles. The van der Waals surface area contributed by atoms with E-state index in [1.807, 2.05) is 42.4 Å². The molecule has 11 heteroatoms. The Bertz CT molecular complexity index is 1110. The van der Waals surface area contributed by atoms with E-state index in [0.29, 0.717) is 31.3 Å². The molecular formula is C22H26IN7O3. The highest BCUT2D eigenvalue weighted by molar-refractivity contribution is 14.0. The molecule has 0 atom stereocenters. The van der Waals surface area contributed by atoms with Crippen LogP contribution in [0, 0.1) is 0 Å². The lowest BCUT2D eigenvalue weighted by Gasteiger charge is -2.35. The second-order valence-electron chi connectivity index (χ2n) is 7.37. The Kier molecular flexibility index (Phi) is 8.09. The quantitative estimate of drug-likeness (QED) is 0.281. The van der Waals surface area contributed by atoms with E-state index in [1.165, 1.54) is 6.26 Å². The molecule has 1 aliphatic rings. The largest absolute Gasteiger partial charge is 0.459 e. The second-order valence-corrected chi connectivity index (χ2v) is 7.37. The molecule has 174 valence electrons. The molecule has 1 saturated heterocycles. The number of amides is 2. The van der Waals surface area contributed by atoms with Crippen molar-refractivity contribution < 1.29 is 14.0 Å². The van der Waals surface area contributed by atoms with Crippen molar-refractivity contribution in [2.75, 3.05) is 36.9 Å². The molecule has 2 aromatic heterocycles. The van der Waals surface area contributed by atoms with Gasteiger partial charge in [0.15, 0.2) is 11.7 Å². The first-order valence-corrected chi connectivity index (χ1v) is 10.2. The summed E-state index contributed by atoms with van der Waals surface area (Å²) < 4.78 is 6.78. The highest BCUT2D eigenvalue weighted by Gasteiger charge is 2.27. The number of aromatic nitrogens is 2. The van der Waals surface area contributed by atoms with Crippen LogP contribution in [-0.4, -0.2) is 59.1 Å². The fourth-order valence-electron chi connectivity index (χ4n) is 3.49. The first-order chi connectivity index (χ1) is 15.5. The van der Waals surface area contributed by atoms with Gasteiger partial charge in [-0.2, -0.15) is 5.10 Å². The van der Waals surface area contributed by atoms with Gasteiger partial charge < -0.3 is 24.9 Å². The zero-order valence-corrected chi connectivity index (χ0v) is 20.7. The topological polar surface area (TPSA) is 108 Å². The van der Waals surface area contributed by atoms with Crippen LogP contribution in [0.15, 0.2) is 64.5 Å². The Morgan fingerprint density at radius 3 is 2.61 bits per heavy atom. The number of aliphatic imine (C=N–C) groups is 1. The lowest BCUT2D eigenvalue weighted by Crippen LogP contribution is -2.55. The third kappa shape index (κ3) is 5.92. The molecule has 0 spiro atoms. The van der Waals surface area contributed by atoms with Crippen LogP contribution in [0.1, 0.15) is 16.1 Å². The van der Waals surface area contributed by atoms with Crippen molar-refractivity contribution in [2.24, 2.45) is 12.0 Å². The number of carbonyl (C=O) groups is 2. The predicted octanol–water partition coefficient (Wildman–Crippen LogP) is 2.31. The third-order valence-electron chi connectivity index (χ3n) is 5.14. The summed E-state index contributed by atoms with van der Waals surface area (Å²) >= 11 is 0. The number of nitrogens with one attached hydrogen (secondary N) is 2. The van der Waals surface area contributed by atoms with E-state index >= 15 is 0 Å². The number of furan rings is 1. The van der Waals surface area contributed by atoms with Gasteiger partial charge in [-0.05, 0) is 29.8 Å². The van der Waals surface area contributed by atoms with Crippen LogP contribution in [-0.2, 0) is 18.4 Å². The van der Waals surface area contributed by atoms with Gasteiger partial charge >= 0.3 is 0 Å². The number of nitrogens with zero attached hydrogens (tertiary/aromatic N) is 5. The van der Waals surface area contributed by atoms with Gasteiger partial charge in [-0.1, -0.05) is 12.1 Å². The summed E-state index contributed by atoms with van der Waals surface area (Å²) in [6.07, 6.45) is 4.99. The average molecular weight is 563 g/mol. The summed E-state index contributed by atoms with van der Waals surface area (Å²) in [5, 5.41) is 10.2. The zero-order chi connectivity index (χ0) is 22.5. The number of hydrogen-bond donors (Lipinski definition) is 2. The lowest BCUT2D eigenvalue weighted by atomic mass is 10.2. The second kappa shape index (κ2) is 11.0. The number of hydrogen-bond acceptors (Lipinski definition) is 5. The van der Waals surface area contributed by atoms with Gasteiger partial charge in [0.2, 0.25) is 5.91 Å². The van der Waals surface area contributed by atoms with Crippen LogP contribution >= 0.6 is 24.0 Å². The van der Waals surface area contributed by atoms with Crippen molar-refractivity contribution in [3.05, 3.63) is 66.4 Å². The number of piperazine rings is 1. The molecule has 1 aliphatic heterocycles. The summed E-state index contributed by atoms with van der Waals surface area (Å²) in [5.74, 6) is 0.636. The van der Waals surface area contributed by atoms with Crippen LogP contribution in [0.25, 0.3) is 0 Å². The maximum Gasteiger partial charge on any atom is 0.291 e. The molecule has 0 bridgehead atoms. The summed E-state index contributed by atoms with van der Waals surface area (Å²) in [7, 11) is 3.53. The first kappa shape index (κ1) is 24.3. The summed E-state index contributed by atoms with van der Waals surface area (Å²) in [4.78, 5) is 32.7. The number of rotatable bonds is 5. The van der Waals surface area contributed by atoms with Crippen molar-refractivity contribution >= 4 is 53.1 Å². The molecule has 10 nitrogen and oxygen atoms in total. The predicted molar refractivity (Wildman–Crippen MR) is 136 cm³/mol. The molecule has 0 saturated carbocycles. The Morgan fingerprint density at radius 1 is 1.21 bits per heavy atom. The van der Waals surface area contributed by atoms with Gasteiger partial charge in [0.05, 0.1) is 18.1 Å². The van der Waals surface area contributed by atoms with E-state index in [-0.39, 0.29) is 48.1 Å². The number of aryl methyl sites for hydroxylation is 1. The standard InChI is InChI=1S/C22H25N7O3.HI/c1-23-22(28-9-10-29(20(30)15-28)18-13-25-27(2)14-18)24-12-16-5-7-17(8-6-16)26-21(31)19-4-3-11-32-19;/h3-8,11,13-14H,9-10,12,15H2,1-2H3,(H,23,24)(H,26,31);1H. The molecule has 3 heterocycles. The van der Waals surface area contributed by atoms with E-state index in [2.05, 4.69) is 20.7 Å². The summed E-state index contributed by atoms with van der Waals surface area (Å²) in [5.41, 5.74) is 2.50. The van der Waals surface area contributed by atoms with E-state index in [1.54, 1.807) is 35.0 Å². The first-order valence-electron chi connectivity index (χ1n) is 10.2. The van der Waals surface area contributed by atoms with Crippen molar-refractivity contribution in [1.82, 2.24) is 20.0 Å². The van der Waals surface area contributed by atoms with Gasteiger partial charge in [-0.15, -0.1) is 24.0 Å². The van der Waals surface area contributed by atoms with Gasteiger partial charge in [0.25, 0.3) is 5.91 Å². The molecule has 2 amide bonds. The maximum atomic E-state index is 12.6. The van der Waals surface area contributed by atoms with Crippen LogP contribution in [0.3, 0.4) is 0 Å². The van der Waals surface area contributed by atoms with Crippen LogP contribution < -0.4 is 15.5 Å². The monoisotopic (exact) mass is 563 g/mol. The molecule has 2 N–H and O–H groups in total. The van der Waals surface area contributed by atoms with Crippen molar-refractivity contribution in [3.8, 4) is 0 Å². The summed E-state index contributed by atoms with van der Waals surface area (Å²) in [6, 6.07) is 10.8. The Labute approximate surface area is 208 Å². The van der Waals surface area contributed by atoms with Crippen molar-refractivity contribution in [3.63, 3.8) is 0 Å². The highest BCUT2D eigenvalue weighted by atomic mass is 127. The molecule has 1 fully saturated rings. The maximum absolute atomic E-state index is 12.6. The number of guanidine groups is 1. The Morgan fingerprint density at radius 2 is 2.00 bits per heavy atom. The Hall–Kier alpha value is -3.35. The fourth-order valence-corrected chi connectivity index (χ4v) is 3.49. The van der Waals surface area contributed by atoms with Crippen LogP contribution in [0.2, 0.25) is 0 Å². The Balaban J connectivity index is 0.00000306. The van der Waals surface area contributed by atoms with Gasteiger partial charge in [-0.25, -0.2) is 0 Å². The molecule has 0 unspecified atom stereocenters. The molecule has 0 radical (unpaired) electrons. The van der Waals surface area contributed by atoms with Gasteiger partial charge in [0.1, 0.15) is 6.54 Å². The molecule has 1 aromatic carbocycles. The minimum atomic E-state index is -0.295. The van der Waals surface area contributed by atoms with Crippen LogP contribution in [0.5, 0.6) is 0 Å². The number of anilines is 2. The van der Waals surface area contributed by atoms with Crippen LogP contribution in [0.4, 0.5) is 11.4 Å². The highest BCUT2D eigenvalue weighted by Crippen LogP contribution is 2.16. The van der Waals surface area contributed by atoms with E-state index in [4.69, 9.17) is 4.42 Å². The van der Waals surface area contributed by atoms with E-state index < -0.39 is 0 Å². The van der Waals surface area contributed by atoms with E-state index in [9.17, 15) is 9.59 Å². The van der Waals surface area contributed by atoms with Gasteiger partial charge in [-0.3, -0.25) is 19.3 Å². The minimum Gasteiger partial charge on any atom is -0.459 e. The van der Waals surface area contributed by atoms with Crippen molar-refractivity contribution in [1.29, 1.82) is 0 Å². The molecule has 33 heavy (non-hydrogen) atoms. The smallest absolute Gasteiger partial charge is 0.291 e. The number of halogens is 1.